The molecule has 0 spiro atoms. The zero-order valence-corrected chi connectivity index (χ0v) is 30.6. The van der Waals surface area contributed by atoms with E-state index in [-0.39, 0.29) is 0 Å². The number of aryl methyl sites for hydroxylation is 3. The van der Waals surface area contributed by atoms with Gasteiger partial charge in [-0.05, 0) is 37.7 Å². The highest BCUT2D eigenvalue weighted by Gasteiger charge is 2.16. The number of hydrogen-bond acceptors (Lipinski definition) is 0. The van der Waals surface area contributed by atoms with Crippen LogP contribution in [-0.4, -0.2) is 4.57 Å². The van der Waals surface area contributed by atoms with Gasteiger partial charge in [-0.2, -0.15) is 0 Å². The molecule has 1 aromatic carbocycles. The van der Waals surface area contributed by atoms with Crippen LogP contribution in [0.15, 0.2) is 42.7 Å². The first kappa shape index (κ1) is 39.6. The van der Waals surface area contributed by atoms with Crippen molar-refractivity contribution in [1.82, 2.24) is 4.57 Å². The summed E-state index contributed by atoms with van der Waals surface area (Å²) in [6, 6.07) is 11.0. The number of nitrogens with zero attached hydrogens (tertiary/aromatic N) is 2. The molecule has 45 heavy (non-hydrogen) atoms. The number of imidazole rings is 1. The molecule has 2 nitrogen and oxygen atoms in total. The van der Waals surface area contributed by atoms with E-state index < -0.39 is 0 Å². The van der Waals surface area contributed by atoms with E-state index >= 15 is 0 Å². The van der Waals surface area contributed by atoms with Gasteiger partial charge < -0.3 is 0 Å². The molecule has 0 aliphatic heterocycles. The van der Waals surface area contributed by atoms with Gasteiger partial charge in [-0.3, -0.25) is 0 Å². The minimum absolute atomic E-state index is 1.15. The molecule has 0 radical (unpaired) electrons. The van der Waals surface area contributed by atoms with Gasteiger partial charge in [0.25, 0.3) is 5.82 Å². The molecule has 1 aromatic heterocycles. The minimum atomic E-state index is 1.15. The Morgan fingerprint density at radius 1 is 0.444 bits per heavy atom. The Hall–Kier alpha value is -1.57. The fourth-order valence-electron chi connectivity index (χ4n) is 7.07. The second-order valence-electron chi connectivity index (χ2n) is 14.3. The normalized spacial score (nSPS) is 11.5. The van der Waals surface area contributed by atoms with Gasteiger partial charge in [0.15, 0.2) is 0 Å². The highest BCUT2D eigenvalue weighted by Crippen LogP contribution is 2.16. The average Bonchev–Trinajstić information content (AvgIpc) is 3.44. The van der Waals surface area contributed by atoms with Crippen molar-refractivity contribution in [2.45, 2.75) is 220 Å². The Bertz CT molecular complexity index is 869. The number of benzene rings is 1. The van der Waals surface area contributed by atoms with Crippen LogP contribution >= 0.6 is 0 Å². The fourth-order valence-corrected chi connectivity index (χ4v) is 7.07. The molecule has 2 rings (SSSR count). The Morgan fingerprint density at radius 2 is 0.867 bits per heavy atom. The summed E-state index contributed by atoms with van der Waals surface area (Å²) in [6.45, 7) is 6.97. The van der Waals surface area contributed by atoms with Crippen LogP contribution in [0.25, 0.3) is 0 Å². The topological polar surface area (TPSA) is 8.81 Å². The van der Waals surface area contributed by atoms with E-state index in [0.29, 0.717) is 0 Å². The maximum Gasteiger partial charge on any atom is 0.256 e. The van der Waals surface area contributed by atoms with E-state index in [4.69, 9.17) is 0 Å². The summed E-state index contributed by atoms with van der Waals surface area (Å²) >= 11 is 0. The first-order valence-electron chi connectivity index (χ1n) is 20.5. The van der Waals surface area contributed by atoms with E-state index in [1.807, 2.05) is 0 Å². The monoisotopic (exact) mass is 622 g/mol. The quantitative estimate of drug-likeness (QED) is 0.0554. The van der Waals surface area contributed by atoms with Crippen molar-refractivity contribution in [3.8, 4) is 0 Å². The third-order valence-electron chi connectivity index (χ3n) is 10.1. The van der Waals surface area contributed by atoms with Gasteiger partial charge in [-0.25, -0.2) is 9.13 Å². The molecule has 1 heterocycles. The van der Waals surface area contributed by atoms with E-state index in [0.717, 1.165) is 6.54 Å². The molecule has 0 saturated carbocycles. The van der Waals surface area contributed by atoms with Crippen LogP contribution < -0.4 is 4.57 Å². The molecule has 0 N–H and O–H groups in total. The van der Waals surface area contributed by atoms with E-state index in [9.17, 15) is 0 Å². The van der Waals surface area contributed by atoms with Crippen molar-refractivity contribution in [1.29, 1.82) is 0 Å². The molecule has 0 aliphatic rings. The summed E-state index contributed by atoms with van der Waals surface area (Å²) < 4.78 is 5.20. The summed E-state index contributed by atoms with van der Waals surface area (Å²) in [5.41, 5.74) is 1.47. The maximum absolute atomic E-state index is 2.61. The van der Waals surface area contributed by atoms with Crippen molar-refractivity contribution >= 4 is 0 Å². The van der Waals surface area contributed by atoms with E-state index in [1.54, 1.807) is 5.82 Å². The molecule has 0 aliphatic carbocycles. The zero-order valence-electron chi connectivity index (χ0n) is 30.6. The summed E-state index contributed by atoms with van der Waals surface area (Å²) in [4.78, 5) is 0. The van der Waals surface area contributed by atoms with Crippen LogP contribution in [0.5, 0.6) is 0 Å². The number of aromatic nitrogens is 2. The van der Waals surface area contributed by atoms with Gasteiger partial charge in [-0.15, -0.1) is 0 Å². The lowest BCUT2D eigenvalue weighted by Gasteiger charge is -2.07. The van der Waals surface area contributed by atoms with Crippen LogP contribution in [-0.2, 0) is 25.9 Å². The summed E-state index contributed by atoms with van der Waals surface area (Å²) in [5.74, 6) is 1.58. The Kier molecular flexibility index (Phi) is 26.2. The summed E-state index contributed by atoms with van der Waals surface area (Å²) in [5, 5.41) is 0. The highest BCUT2D eigenvalue weighted by molar-refractivity contribution is 5.14. The molecular formula is C43H77N2+. The van der Waals surface area contributed by atoms with Crippen LogP contribution in [0, 0.1) is 0 Å². The maximum atomic E-state index is 2.61. The predicted octanol–water partition coefficient (Wildman–Crippen LogP) is 13.5. The molecule has 0 saturated heterocycles. The summed E-state index contributed by atoms with van der Waals surface area (Å²) in [6.07, 6.45) is 47.1. The lowest BCUT2D eigenvalue weighted by Crippen LogP contribution is -2.37. The smallest absolute Gasteiger partial charge is 0.234 e. The first-order valence-corrected chi connectivity index (χ1v) is 20.5. The molecule has 258 valence electrons. The van der Waals surface area contributed by atoms with Crippen molar-refractivity contribution in [2.24, 2.45) is 0 Å². The SMILES string of the molecule is CCCCCCCCCCCCCCCCCn1cc[n+](CCCc2ccccc2)c1CCCCCCCCCCCCCC. The minimum Gasteiger partial charge on any atom is -0.234 e. The van der Waals surface area contributed by atoms with Crippen molar-refractivity contribution in [2.75, 3.05) is 0 Å². The third-order valence-corrected chi connectivity index (χ3v) is 10.1. The lowest BCUT2D eigenvalue weighted by atomic mass is 10.0. The van der Waals surface area contributed by atoms with Crippen LogP contribution in [0.2, 0.25) is 0 Å². The molecular weight excluding hydrogens is 544 g/mol. The molecule has 0 amide bonds. The summed E-state index contributed by atoms with van der Waals surface area (Å²) in [7, 11) is 0. The van der Waals surface area contributed by atoms with Crippen molar-refractivity contribution < 1.29 is 4.57 Å². The molecule has 0 bridgehead atoms. The van der Waals surface area contributed by atoms with Crippen LogP contribution in [0.4, 0.5) is 0 Å². The van der Waals surface area contributed by atoms with Gasteiger partial charge in [0.1, 0.15) is 12.4 Å². The molecule has 2 heteroatoms. The zero-order chi connectivity index (χ0) is 31.9. The van der Waals surface area contributed by atoms with Gasteiger partial charge in [-0.1, -0.05) is 198 Å². The average molecular weight is 622 g/mol. The van der Waals surface area contributed by atoms with Gasteiger partial charge >= 0.3 is 0 Å². The van der Waals surface area contributed by atoms with Crippen molar-refractivity contribution in [3.05, 3.63) is 54.1 Å². The Morgan fingerprint density at radius 3 is 1.33 bits per heavy atom. The Labute approximate surface area is 282 Å². The highest BCUT2D eigenvalue weighted by atomic mass is 15.1. The van der Waals surface area contributed by atoms with Crippen LogP contribution in [0.1, 0.15) is 205 Å². The standard InChI is InChI=1S/C43H77N2/c1-3-5-7-9-11-13-15-17-18-19-21-23-25-27-32-38-44-40-41-45(39-33-36-42-34-29-28-30-35-42)43(44)37-31-26-24-22-20-16-14-12-10-8-6-4-2/h28-30,34-35,40-41H,3-27,31-33,36-39H2,1-2H3/q+1. The molecule has 0 atom stereocenters. The van der Waals surface area contributed by atoms with Crippen LogP contribution in [0.3, 0.4) is 0 Å². The lowest BCUT2D eigenvalue weighted by molar-refractivity contribution is -0.704. The molecule has 2 aromatic rings. The largest absolute Gasteiger partial charge is 0.256 e. The molecule has 0 fully saturated rings. The van der Waals surface area contributed by atoms with Gasteiger partial charge in [0, 0.05) is 6.42 Å². The first-order chi connectivity index (χ1) is 22.3. The predicted molar refractivity (Wildman–Crippen MR) is 199 cm³/mol. The van der Waals surface area contributed by atoms with E-state index in [2.05, 4.69) is 65.7 Å². The third kappa shape index (κ3) is 21.8. The number of rotatable bonds is 33. The Balaban J connectivity index is 1.60. The second-order valence-corrected chi connectivity index (χ2v) is 14.3. The number of unbranched alkanes of at least 4 members (excludes halogenated alkanes) is 25. The fraction of sp³-hybridized carbons (Fsp3) is 0.791. The van der Waals surface area contributed by atoms with Gasteiger partial charge in [0.05, 0.1) is 13.1 Å². The van der Waals surface area contributed by atoms with E-state index in [1.165, 1.54) is 205 Å². The van der Waals surface area contributed by atoms with Gasteiger partial charge in [0.2, 0.25) is 0 Å². The number of hydrogen-bond donors (Lipinski definition) is 0. The van der Waals surface area contributed by atoms with Crippen molar-refractivity contribution in [3.63, 3.8) is 0 Å². The second kappa shape index (κ2) is 29.8. The molecule has 0 unspecified atom stereocenters.